The molecular formula is C19H18O4. The van der Waals surface area contributed by atoms with Crippen LogP contribution in [0.2, 0.25) is 0 Å². The Morgan fingerprint density at radius 2 is 1.52 bits per heavy atom. The molecule has 0 unspecified atom stereocenters. The van der Waals surface area contributed by atoms with Crippen molar-refractivity contribution in [3.63, 3.8) is 0 Å². The van der Waals surface area contributed by atoms with Crippen molar-refractivity contribution in [1.29, 1.82) is 0 Å². The van der Waals surface area contributed by atoms with Crippen molar-refractivity contribution in [2.75, 3.05) is 7.11 Å². The Bertz CT molecular complexity index is 712. The molecule has 0 amide bonds. The molecule has 2 aromatic rings. The summed E-state index contributed by atoms with van der Waals surface area (Å²) < 4.78 is 10.2. The molecule has 2 aromatic carbocycles. The Hall–Kier alpha value is -2.88. The topological polar surface area (TPSA) is 52.6 Å². The minimum Gasteiger partial charge on any atom is -0.497 e. The number of ketones is 1. The van der Waals surface area contributed by atoms with Crippen LogP contribution in [-0.2, 0) is 11.2 Å². The van der Waals surface area contributed by atoms with Crippen LogP contribution in [0, 0.1) is 0 Å². The number of carbonyl (C=O) groups excluding carboxylic acids is 2. The Morgan fingerprint density at radius 3 is 2.04 bits per heavy atom. The van der Waals surface area contributed by atoms with Gasteiger partial charge >= 0.3 is 5.97 Å². The van der Waals surface area contributed by atoms with Gasteiger partial charge in [-0.3, -0.25) is 4.79 Å². The number of ether oxygens (including phenoxy) is 2. The molecule has 4 heteroatoms. The van der Waals surface area contributed by atoms with Crippen LogP contribution >= 0.6 is 0 Å². The molecule has 2 rings (SSSR count). The maximum atomic E-state index is 12.2. The summed E-state index contributed by atoms with van der Waals surface area (Å²) in [6.07, 6.45) is 0.279. The second-order valence-corrected chi connectivity index (χ2v) is 5.14. The summed E-state index contributed by atoms with van der Waals surface area (Å²) in [5, 5.41) is 0. The fourth-order valence-corrected chi connectivity index (χ4v) is 1.93. The molecule has 0 saturated heterocycles. The molecule has 23 heavy (non-hydrogen) atoms. The average Bonchev–Trinajstić information content (AvgIpc) is 2.56. The van der Waals surface area contributed by atoms with E-state index in [2.05, 4.69) is 6.58 Å². The van der Waals surface area contributed by atoms with E-state index in [0.29, 0.717) is 22.6 Å². The number of Topliss-reactive ketones (excluding diaryl/α,β-unsaturated/α-hetero) is 1. The largest absolute Gasteiger partial charge is 0.497 e. The molecule has 0 aliphatic heterocycles. The number of benzene rings is 2. The third-order valence-electron chi connectivity index (χ3n) is 3.26. The van der Waals surface area contributed by atoms with Crippen LogP contribution in [-0.4, -0.2) is 18.9 Å². The lowest BCUT2D eigenvalue weighted by molar-refractivity contribution is -0.130. The zero-order chi connectivity index (χ0) is 16.8. The van der Waals surface area contributed by atoms with Gasteiger partial charge in [-0.2, -0.15) is 0 Å². The molecule has 0 atom stereocenters. The van der Waals surface area contributed by atoms with Crippen molar-refractivity contribution in [3.8, 4) is 11.5 Å². The highest BCUT2D eigenvalue weighted by Crippen LogP contribution is 2.17. The molecule has 0 bridgehead atoms. The van der Waals surface area contributed by atoms with E-state index in [0.717, 1.165) is 5.56 Å². The van der Waals surface area contributed by atoms with E-state index in [9.17, 15) is 9.59 Å². The van der Waals surface area contributed by atoms with Crippen molar-refractivity contribution in [2.24, 2.45) is 0 Å². The molecule has 0 fully saturated rings. The van der Waals surface area contributed by atoms with Crippen molar-refractivity contribution >= 4 is 11.8 Å². The van der Waals surface area contributed by atoms with Gasteiger partial charge in [0.25, 0.3) is 0 Å². The van der Waals surface area contributed by atoms with Gasteiger partial charge in [0.05, 0.1) is 7.11 Å². The van der Waals surface area contributed by atoms with Gasteiger partial charge in [0.2, 0.25) is 0 Å². The van der Waals surface area contributed by atoms with Gasteiger partial charge in [-0.25, -0.2) is 4.79 Å². The Kier molecular flexibility index (Phi) is 5.31. The first-order valence-corrected chi connectivity index (χ1v) is 7.13. The SMILES string of the molecule is C=C(C)C(=O)Oc1ccc(CC(=O)c2ccc(OC)cc2)cc1. The quantitative estimate of drug-likeness (QED) is 0.354. The summed E-state index contributed by atoms with van der Waals surface area (Å²) in [7, 11) is 1.58. The van der Waals surface area contributed by atoms with Gasteiger partial charge in [0, 0.05) is 17.6 Å². The molecule has 0 spiro atoms. The Balaban J connectivity index is 2.00. The molecule has 0 saturated carbocycles. The zero-order valence-electron chi connectivity index (χ0n) is 13.2. The van der Waals surface area contributed by atoms with Gasteiger partial charge in [0.1, 0.15) is 11.5 Å². The summed E-state index contributed by atoms with van der Waals surface area (Å²) in [4.78, 5) is 23.7. The molecule has 0 aliphatic rings. The van der Waals surface area contributed by atoms with Gasteiger partial charge in [0.15, 0.2) is 5.78 Å². The van der Waals surface area contributed by atoms with Crippen LogP contribution in [0.4, 0.5) is 0 Å². The number of rotatable bonds is 6. The molecule has 0 N–H and O–H groups in total. The number of esters is 1. The van der Waals surface area contributed by atoms with Crippen LogP contribution in [0.5, 0.6) is 11.5 Å². The normalized spacial score (nSPS) is 10.0. The van der Waals surface area contributed by atoms with Crippen molar-refractivity contribution < 1.29 is 19.1 Å². The lowest BCUT2D eigenvalue weighted by Gasteiger charge is -2.06. The molecule has 4 nitrogen and oxygen atoms in total. The lowest BCUT2D eigenvalue weighted by atomic mass is 10.0. The Morgan fingerprint density at radius 1 is 0.957 bits per heavy atom. The summed E-state index contributed by atoms with van der Waals surface area (Å²) in [6, 6.07) is 13.9. The predicted octanol–water partition coefficient (Wildman–Crippen LogP) is 3.60. The molecule has 0 heterocycles. The van der Waals surface area contributed by atoms with E-state index in [1.54, 1.807) is 62.6 Å². The van der Waals surface area contributed by atoms with Crippen molar-refractivity contribution in [2.45, 2.75) is 13.3 Å². The van der Waals surface area contributed by atoms with Crippen molar-refractivity contribution in [1.82, 2.24) is 0 Å². The highest BCUT2D eigenvalue weighted by atomic mass is 16.5. The number of hydrogen-bond acceptors (Lipinski definition) is 4. The molecular weight excluding hydrogens is 292 g/mol. The summed E-state index contributed by atoms with van der Waals surface area (Å²) in [6.45, 7) is 5.11. The van der Waals surface area contributed by atoms with Gasteiger partial charge < -0.3 is 9.47 Å². The van der Waals surface area contributed by atoms with E-state index in [1.165, 1.54) is 0 Å². The maximum Gasteiger partial charge on any atom is 0.338 e. The molecule has 0 aliphatic carbocycles. The van der Waals surface area contributed by atoms with E-state index in [1.807, 2.05) is 0 Å². The Labute approximate surface area is 135 Å². The lowest BCUT2D eigenvalue weighted by Crippen LogP contribution is -2.08. The number of carbonyl (C=O) groups is 2. The van der Waals surface area contributed by atoms with Crippen LogP contribution in [0.25, 0.3) is 0 Å². The standard InChI is InChI=1S/C19H18O4/c1-13(2)19(21)23-17-8-4-14(5-9-17)12-18(20)15-6-10-16(22-3)11-7-15/h4-11H,1,12H2,2-3H3. The minimum absolute atomic E-state index is 0.0133. The monoisotopic (exact) mass is 310 g/mol. The third kappa shape index (κ3) is 4.54. The first-order chi connectivity index (χ1) is 11.0. The van der Waals surface area contributed by atoms with Crippen LogP contribution in [0.15, 0.2) is 60.7 Å². The van der Waals surface area contributed by atoms with Gasteiger partial charge in [-0.1, -0.05) is 18.7 Å². The van der Waals surface area contributed by atoms with E-state index in [4.69, 9.17) is 9.47 Å². The zero-order valence-corrected chi connectivity index (χ0v) is 13.2. The van der Waals surface area contributed by atoms with Gasteiger partial charge in [-0.15, -0.1) is 0 Å². The van der Waals surface area contributed by atoms with E-state index >= 15 is 0 Å². The average molecular weight is 310 g/mol. The molecule has 0 aromatic heterocycles. The molecule has 0 radical (unpaired) electrons. The van der Waals surface area contributed by atoms with E-state index in [-0.39, 0.29) is 12.2 Å². The van der Waals surface area contributed by atoms with Crippen molar-refractivity contribution in [3.05, 3.63) is 71.8 Å². The second kappa shape index (κ2) is 7.40. The first kappa shape index (κ1) is 16.5. The highest BCUT2D eigenvalue weighted by molar-refractivity contribution is 5.97. The predicted molar refractivity (Wildman–Crippen MR) is 87.9 cm³/mol. The second-order valence-electron chi connectivity index (χ2n) is 5.14. The maximum absolute atomic E-state index is 12.2. The summed E-state index contributed by atoms with van der Waals surface area (Å²) >= 11 is 0. The summed E-state index contributed by atoms with van der Waals surface area (Å²) in [5.74, 6) is 0.690. The number of hydrogen-bond donors (Lipinski definition) is 0. The van der Waals surface area contributed by atoms with Crippen LogP contribution in [0.3, 0.4) is 0 Å². The number of methoxy groups -OCH3 is 1. The van der Waals surface area contributed by atoms with Gasteiger partial charge in [-0.05, 0) is 48.9 Å². The fraction of sp³-hybridized carbons (Fsp3) is 0.158. The third-order valence-corrected chi connectivity index (χ3v) is 3.26. The highest BCUT2D eigenvalue weighted by Gasteiger charge is 2.09. The fourth-order valence-electron chi connectivity index (χ4n) is 1.93. The van der Waals surface area contributed by atoms with Crippen LogP contribution < -0.4 is 9.47 Å². The van der Waals surface area contributed by atoms with E-state index < -0.39 is 5.97 Å². The smallest absolute Gasteiger partial charge is 0.338 e. The minimum atomic E-state index is -0.466. The summed E-state index contributed by atoms with van der Waals surface area (Å²) in [5.41, 5.74) is 1.81. The van der Waals surface area contributed by atoms with Crippen LogP contribution in [0.1, 0.15) is 22.8 Å². The molecule has 118 valence electrons. The first-order valence-electron chi connectivity index (χ1n) is 7.13.